The van der Waals surface area contributed by atoms with Gasteiger partial charge in [-0.25, -0.2) is 4.39 Å². The van der Waals surface area contributed by atoms with Crippen LogP contribution < -0.4 is 24.7 Å². The summed E-state index contributed by atoms with van der Waals surface area (Å²) in [5.74, 6) is -0.162. The number of aryl methyl sites for hydroxylation is 1. The molecular formula is C20H19FN4O5S. The van der Waals surface area contributed by atoms with E-state index in [4.69, 9.17) is 24.5 Å². The van der Waals surface area contributed by atoms with E-state index >= 15 is 4.39 Å². The van der Waals surface area contributed by atoms with Gasteiger partial charge in [-0.15, -0.1) is 0 Å². The minimum Gasteiger partial charge on any atom is -0.493 e. The molecule has 1 amide bonds. The Bertz CT molecular complexity index is 1110. The van der Waals surface area contributed by atoms with Crippen LogP contribution in [0.4, 0.5) is 10.1 Å². The number of hydrogen-bond acceptors (Lipinski definition) is 9. The number of nitrogens with two attached hydrogens (primary N) is 1. The summed E-state index contributed by atoms with van der Waals surface area (Å²) in [4.78, 5) is 16.3. The summed E-state index contributed by atoms with van der Waals surface area (Å²) in [6.07, 6.45) is 0. The highest BCUT2D eigenvalue weighted by atomic mass is 32.2. The fraction of sp³-hybridized carbons (Fsp3) is 0.250. The lowest BCUT2D eigenvalue weighted by Gasteiger charge is -2.24. The van der Waals surface area contributed by atoms with Crippen LogP contribution in [0.15, 0.2) is 34.9 Å². The van der Waals surface area contributed by atoms with Crippen molar-refractivity contribution < 1.29 is 27.9 Å². The fourth-order valence-electron chi connectivity index (χ4n) is 3.01. The van der Waals surface area contributed by atoms with Gasteiger partial charge in [0, 0.05) is 23.7 Å². The molecule has 1 atom stereocenters. The molecule has 31 heavy (non-hydrogen) atoms. The Morgan fingerprint density at radius 2 is 1.97 bits per heavy atom. The molecule has 2 aromatic carbocycles. The third kappa shape index (κ3) is 4.22. The molecule has 0 radical (unpaired) electrons. The van der Waals surface area contributed by atoms with E-state index in [0.717, 1.165) is 17.5 Å². The molecule has 0 spiro atoms. The molecule has 4 rings (SSSR count). The van der Waals surface area contributed by atoms with Gasteiger partial charge in [0.05, 0.1) is 7.11 Å². The third-order valence-corrected chi connectivity index (χ3v) is 5.55. The van der Waals surface area contributed by atoms with Crippen molar-refractivity contribution in [2.24, 2.45) is 5.73 Å². The number of halogens is 1. The largest absolute Gasteiger partial charge is 0.493 e. The number of anilines is 1. The number of primary amides is 1. The molecule has 0 saturated carbocycles. The Morgan fingerprint density at radius 3 is 2.58 bits per heavy atom. The number of nitrogens with one attached hydrogen (secondary N) is 1. The zero-order valence-corrected chi connectivity index (χ0v) is 17.5. The maximum absolute atomic E-state index is 15.1. The number of amides is 1. The van der Waals surface area contributed by atoms with Gasteiger partial charge in [0.2, 0.25) is 29.1 Å². The standard InChI is InChI=1S/C20H19FN4O5S/c1-10-23-20(24-30-10)11-3-5-12(6-4-11)25-31-18(19(22)26)13-9-14(27-2)16-17(15(13)21)29-8-7-28-16/h3-6,9,18,25H,7-8H2,1-2H3,(H2,22,26). The normalized spacial score (nSPS) is 13.5. The zero-order valence-electron chi connectivity index (χ0n) is 16.7. The summed E-state index contributed by atoms with van der Waals surface area (Å²) in [5.41, 5.74) is 7.03. The molecule has 9 nitrogen and oxygen atoms in total. The van der Waals surface area contributed by atoms with E-state index in [1.807, 2.05) is 0 Å². The number of fused-ring (bicyclic) bond motifs is 1. The van der Waals surface area contributed by atoms with Gasteiger partial charge in [-0.1, -0.05) is 5.16 Å². The highest BCUT2D eigenvalue weighted by Crippen LogP contribution is 2.46. The average Bonchev–Trinajstić information content (AvgIpc) is 3.22. The second-order valence-corrected chi connectivity index (χ2v) is 7.47. The molecule has 0 bridgehead atoms. The molecule has 1 unspecified atom stereocenters. The van der Waals surface area contributed by atoms with Gasteiger partial charge in [-0.3, -0.25) is 4.79 Å². The van der Waals surface area contributed by atoms with Crippen molar-refractivity contribution in [3.63, 3.8) is 0 Å². The van der Waals surface area contributed by atoms with E-state index < -0.39 is 17.0 Å². The Morgan fingerprint density at radius 1 is 1.26 bits per heavy atom. The number of ether oxygens (including phenoxy) is 3. The van der Waals surface area contributed by atoms with Crippen LogP contribution in [0.5, 0.6) is 17.2 Å². The van der Waals surface area contributed by atoms with Gasteiger partial charge in [-0.2, -0.15) is 4.98 Å². The second kappa shape index (κ2) is 8.72. The van der Waals surface area contributed by atoms with Crippen molar-refractivity contribution >= 4 is 23.5 Å². The first-order valence-corrected chi connectivity index (χ1v) is 10.1. The van der Waals surface area contributed by atoms with Crippen LogP contribution in [-0.4, -0.2) is 36.4 Å². The topological polar surface area (TPSA) is 122 Å². The molecule has 0 aliphatic carbocycles. The number of rotatable bonds is 7. The van der Waals surface area contributed by atoms with E-state index in [-0.39, 0.29) is 36.0 Å². The summed E-state index contributed by atoms with van der Waals surface area (Å²) < 4.78 is 39.3. The number of carbonyl (C=O) groups excluding carboxylic acids is 1. The minimum atomic E-state index is -1.05. The van der Waals surface area contributed by atoms with Crippen molar-refractivity contribution in [3.8, 4) is 28.6 Å². The van der Waals surface area contributed by atoms with Crippen molar-refractivity contribution in [2.75, 3.05) is 25.0 Å². The molecule has 11 heteroatoms. The number of methoxy groups -OCH3 is 1. The van der Waals surface area contributed by atoms with Crippen LogP contribution in [0.2, 0.25) is 0 Å². The van der Waals surface area contributed by atoms with Gasteiger partial charge in [0.1, 0.15) is 18.5 Å². The van der Waals surface area contributed by atoms with Gasteiger partial charge < -0.3 is 29.2 Å². The maximum atomic E-state index is 15.1. The predicted octanol–water partition coefficient (Wildman–Crippen LogP) is 3.25. The minimum absolute atomic E-state index is 0.0324. The molecule has 1 aliphatic heterocycles. The molecule has 0 saturated heterocycles. The summed E-state index contributed by atoms with van der Waals surface area (Å²) in [7, 11) is 1.42. The van der Waals surface area contributed by atoms with Crippen molar-refractivity contribution in [1.29, 1.82) is 0 Å². The van der Waals surface area contributed by atoms with Crippen LogP contribution in [0.1, 0.15) is 16.7 Å². The van der Waals surface area contributed by atoms with Gasteiger partial charge in [0.15, 0.2) is 11.6 Å². The maximum Gasteiger partial charge on any atom is 0.237 e. The van der Waals surface area contributed by atoms with E-state index in [9.17, 15) is 4.79 Å². The fourth-order valence-corrected chi connectivity index (χ4v) is 3.82. The highest BCUT2D eigenvalue weighted by Gasteiger charge is 2.31. The smallest absolute Gasteiger partial charge is 0.237 e. The lowest BCUT2D eigenvalue weighted by atomic mass is 10.1. The highest BCUT2D eigenvalue weighted by molar-refractivity contribution is 8.01. The number of benzene rings is 2. The molecule has 3 aromatic rings. The molecule has 1 aromatic heterocycles. The van der Waals surface area contributed by atoms with Crippen LogP contribution in [-0.2, 0) is 4.79 Å². The number of hydrogen-bond donors (Lipinski definition) is 2. The van der Waals surface area contributed by atoms with Crippen LogP contribution >= 0.6 is 11.9 Å². The van der Waals surface area contributed by atoms with Crippen LogP contribution in [0.3, 0.4) is 0 Å². The molecule has 0 fully saturated rings. The second-order valence-electron chi connectivity index (χ2n) is 6.55. The van der Waals surface area contributed by atoms with Crippen molar-refractivity contribution in [3.05, 3.63) is 47.6 Å². The lowest BCUT2D eigenvalue weighted by molar-refractivity contribution is -0.117. The van der Waals surface area contributed by atoms with Crippen LogP contribution in [0.25, 0.3) is 11.4 Å². The molecular weight excluding hydrogens is 427 g/mol. The first-order valence-electron chi connectivity index (χ1n) is 9.25. The summed E-state index contributed by atoms with van der Waals surface area (Å²) in [5, 5.41) is 2.81. The Hall–Kier alpha value is -3.47. The average molecular weight is 446 g/mol. The molecule has 162 valence electrons. The molecule has 3 N–H and O–H groups in total. The van der Waals surface area contributed by atoms with E-state index in [0.29, 0.717) is 17.4 Å². The summed E-state index contributed by atoms with van der Waals surface area (Å²) >= 11 is 0.959. The Labute approximate surface area is 181 Å². The van der Waals surface area contributed by atoms with E-state index in [1.165, 1.54) is 13.2 Å². The van der Waals surface area contributed by atoms with Crippen molar-refractivity contribution in [2.45, 2.75) is 12.2 Å². The summed E-state index contributed by atoms with van der Waals surface area (Å²) in [6, 6.07) is 8.52. The van der Waals surface area contributed by atoms with E-state index in [2.05, 4.69) is 14.9 Å². The quantitative estimate of drug-likeness (QED) is 0.527. The first kappa shape index (κ1) is 20.8. The summed E-state index contributed by atoms with van der Waals surface area (Å²) in [6.45, 7) is 2.17. The Balaban J connectivity index is 1.56. The number of aromatic nitrogens is 2. The van der Waals surface area contributed by atoms with Crippen LogP contribution in [0, 0.1) is 12.7 Å². The number of carbonyl (C=O) groups is 1. The first-order chi connectivity index (χ1) is 15.0. The van der Waals surface area contributed by atoms with Gasteiger partial charge >= 0.3 is 0 Å². The predicted molar refractivity (Wildman–Crippen MR) is 112 cm³/mol. The van der Waals surface area contributed by atoms with Gasteiger partial charge in [0.25, 0.3) is 0 Å². The zero-order chi connectivity index (χ0) is 22.0. The van der Waals surface area contributed by atoms with Crippen molar-refractivity contribution in [1.82, 2.24) is 10.1 Å². The Kier molecular flexibility index (Phi) is 5.85. The molecule has 1 aliphatic rings. The molecule has 2 heterocycles. The number of nitrogens with zero attached hydrogens (tertiary/aromatic N) is 2. The van der Waals surface area contributed by atoms with E-state index in [1.54, 1.807) is 31.2 Å². The monoisotopic (exact) mass is 446 g/mol. The van der Waals surface area contributed by atoms with Gasteiger partial charge in [-0.05, 0) is 42.3 Å². The third-order valence-electron chi connectivity index (χ3n) is 4.47. The SMILES string of the molecule is COc1cc(C(SNc2ccc(-c3noc(C)n3)cc2)C(N)=O)c(F)c2c1OCCO2. The lowest BCUT2D eigenvalue weighted by Crippen LogP contribution is -2.23.